The van der Waals surface area contributed by atoms with Crippen LogP contribution in [0.2, 0.25) is 0 Å². The summed E-state index contributed by atoms with van der Waals surface area (Å²) < 4.78 is 159. The first-order valence-electron chi connectivity index (χ1n) is 10.2. The van der Waals surface area contributed by atoms with Gasteiger partial charge in [0.2, 0.25) is 5.41 Å². The third kappa shape index (κ3) is 9.37. The molecule has 0 aliphatic rings. The molecule has 0 aromatic heterocycles. The molecule has 0 bridgehead atoms. The summed E-state index contributed by atoms with van der Waals surface area (Å²) in [6.45, 7) is 0.208. The van der Waals surface area contributed by atoms with Crippen molar-refractivity contribution >= 4 is 0 Å². The van der Waals surface area contributed by atoms with Crippen molar-refractivity contribution in [3.05, 3.63) is 71.8 Å². The van der Waals surface area contributed by atoms with E-state index in [4.69, 9.17) is 0 Å². The predicted octanol–water partition coefficient (Wildman–Crippen LogP) is 8.76. The summed E-state index contributed by atoms with van der Waals surface area (Å²) in [5.41, 5.74) is -9.37. The van der Waals surface area contributed by atoms with Crippen LogP contribution in [0.25, 0.3) is 0 Å². The first-order valence-corrected chi connectivity index (χ1v) is 10.2. The Bertz CT molecular complexity index is 812. The van der Waals surface area contributed by atoms with Gasteiger partial charge in [-0.25, -0.2) is 0 Å². The van der Waals surface area contributed by atoms with E-state index in [2.05, 4.69) is 9.47 Å². The number of hydrogen-bond donors (Lipinski definition) is 0. The lowest BCUT2D eigenvalue weighted by atomic mass is 9.73. The number of ether oxygens (including phenoxy) is 2. The van der Waals surface area contributed by atoms with Crippen molar-refractivity contribution in [2.24, 2.45) is 5.41 Å². The third-order valence-electron chi connectivity index (χ3n) is 4.68. The SMILES string of the molecule is CC(C)(C(F)(F)F)C(F)(F)F.COC.COC.FC(F)(F)C(c1ccccc1)(c1ccccc1)C(F)(F)F. The van der Waals surface area contributed by atoms with Gasteiger partial charge in [-0.05, 0) is 25.0 Å². The molecule has 0 fully saturated rings. The third-order valence-corrected chi connectivity index (χ3v) is 4.68. The molecule has 0 aliphatic carbocycles. The van der Waals surface area contributed by atoms with Crippen molar-refractivity contribution in [1.82, 2.24) is 0 Å². The van der Waals surface area contributed by atoms with Crippen molar-refractivity contribution in [3.8, 4) is 0 Å². The molecule has 0 radical (unpaired) electrons. The number of benzene rings is 2. The van der Waals surface area contributed by atoms with Gasteiger partial charge in [0.1, 0.15) is 0 Å². The maximum atomic E-state index is 13.5. The molecule has 0 N–H and O–H groups in total. The highest BCUT2D eigenvalue weighted by Gasteiger charge is 2.72. The lowest BCUT2D eigenvalue weighted by molar-refractivity contribution is -0.327. The van der Waals surface area contributed by atoms with Gasteiger partial charge in [-0.3, -0.25) is 0 Å². The van der Waals surface area contributed by atoms with Gasteiger partial charge in [-0.1, -0.05) is 60.7 Å². The highest BCUT2D eigenvalue weighted by Crippen LogP contribution is 2.56. The zero-order valence-corrected chi connectivity index (χ0v) is 21.1. The lowest BCUT2D eigenvalue weighted by Crippen LogP contribution is -2.54. The summed E-state index contributed by atoms with van der Waals surface area (Å²) in [5.74, 6) is 0. The Balaban J connectivity index is 0. The van der Waals surface area contributed by atoms with E-state index in [1.807, 2.05) is 0 Å². The molecule has 0 saturated heterocycles. The normalized spacial score (nSPS) is 12.7. The monoisotopic (exact) mass is 576 g/mol. The fourth-order valence-corrected chi connectivity index (χ4v) is 2.52. The maximum Gasteiger partial charge on any atom is 0.411 e. The summed E-state index contributed by atoms with van der Waals surface area (Å²) in [4.78, 5) is 0. The van der Waals surface area contributed by atoms with Gasteiger partial charge in [-0.2, -0.15) is 52.7 Å². The quantitative estimate of drug-likeness (QED) is 0.333. The molecule has 2 aromatic carbocycles. The van der Waals surface area contributed by atoms with Crippen LogP contribution >= 0.6 is 0 Å². The highest BCUT2D eigenvalue weighted by atomic mass is 19.4. The van der Waals surface area contributed by atoms with Crippen LogP contribution in [0.3, 0.4) is 0 Å². The summed E-state index contributed by atoms with van der Waals surface area (Å²) in [6, 6.07) is 10.7. The Hall–Kier alpha value is -2.48. The van der Waals surface area contributed by atoms with Crippen LogP contribution in [0, 0.1) is 5.41 Å². The first kappa shape index (κ1) is 37.7. The van der Waals surface area contributed by atoms with Gasteiger partial charge >= 0.3 is 24.7 Å². The molecule has 0 unspecified atom stereocenters. The van der Waals surface area contributed by atoms with E-state index in [-0.39, 0.29) is 13.8 Å². The van der Waals surface area contributed by atoms with Crippen LogP contribution < -0.4 is 0 Å². The largest absolute Gasteiger partial charge is 0.411 e. The summed E-state index contributed by atoms with van der Waals surface area (Å²) in [7, 11) is 6.50. The van der Waals surface area contributed by atoms with E-state index in [1.54, 1.807) is 28.4 Å². The molecular weight excluding hydrogens is 548 g/mol. The Morgan fingerprint density at radius 2 is 0.632 bits per heavy atom. The predicted molar refractivity (Wildman–Crippen MR) is 118 cm³/mol. The van der Waals surface area contributed by atoms with Gasteiger partial charge in [0.05, 0.1) is 0 Å². The molecule has 2 nitrogen and oxygen atoms in total. The van der Waals surface area contributed by atoms with Crippen LogP contribution in [-0.4, -0.2) is 53.1 Å². The van der Waals surface area contributed by atoms with E-state index in [1.165, 1.54) is 12.1 Å². The Morgan fingerprint density at radius 1 is 0.421 bits per heavy atom. The van der Waals surface area contributed by atoms with Crippen LogP contribution in [0.5, 0.6) is 0 Å². The smallest absolute Gasteiger partial charge is 0.388 e. The Morgan fingerprint density at radius 3 is 0.763 bits per heavy atom. The molecule has 220 valence electrons. The molecule has 0 saturated carbocycles. The number of methoxy groups -OCH3 is 2. The molecule has 2 rings (SSSR count). The van der Waals surface area contributed by atoms with E-state index in [9.17, 15) is 52.7 Å². The van der Waals surface area contributed by atoms with Gasteiger partial charge in [-0.15, -0.1) is 0 Å². The molecule has 0 spiro atoms. The van der Waals surface area contributed by atoms with Crippen molar-refractivity contribution in [1.29, 1.82) is 0 Å². The Labute approximate surface area is 212 Å². The summed E-state index contributed by atoms with van der Waals surface area (Å²) in [5, 5.41) is 0. The molecular formula is C24H28F12O2. The first-order chi connectivity index (χ1) is 17.0. The van der Waals surface area contributed by atoms with Gasteiger partial charge in [0.15, 0.2) is 5.41 Å². The topological polar surface area (TPSA) is 18.5 Å². The number of hydrogen-bond acceptors (Lipinski definition) is 2. The maximum absolute atomic E-state index is 13.5. The van der Waals surface area contributed by atoms with Crippen molar-refractivity contribution in [3.63, 3.8) is 0 Å². The van der Waals surface area contributed by atoms with Crippen molar-refractivity contribution in [2.45, 2.75) is 44.0 Å². The molecule has 0 heterocycles. The fourth-order valence-electron chi connectivity index (χ4n) is 2.52. The second-order valence-electron chi connectivity index (χ2n) is 7.91. The molecule has 0 aliphatic heterocycles. The Kier molecular flexibility index (Phi) is 14.5. The van der Waals surface area contributed by atoms with E-state index in [0.717, 1.165) is 48.5 Å². The van der Waals surface area contributed by atoms with E-state index in [0.29, 0.717) is 0 Å². The average molecular weight is 576 g/mol. The number of halogens is 12. The van der Waals surface area contributed by atoms with Gasteiger partial charge in [0.25, 0.3) is 0 Å². The number of alkyl halides is 12. The fraction of sp³-hybridized carbons (Fsp3) is 0.500. The number of rotatable bonds is 2. The standard InChI is InChI=1S/C15H10F6.C5H6F6.2C2H6O/c16-14(17,18)13(15(19,20)21,11-7-3-1-4-8-11)12-9-5-2-6-10-12;1-3(2,4(6,7)8)5(9,10)11;2*1-3-2/h1-10H;1-2H3;2*1-2H3. The molecule has 0 amide bonds. The van der Waals surface area contributed by atoms with Crippen molar-refractivity contribution in [2.75, 3.05) is 28.4 Å². The van der Waals surface area contributed by atoms with Gasteiger partial charge in [0, 0.05) is 28.4 Å². The highest BCUT2D eigenvalue weighted by molar-refractivity contribution is 5.43. The minimum Gasteiger partial charge on any atom is -0.388 e. The minimum absolute atomic E-state index is 0.104. The molecule has 38 heavy (non-hydrogen) atoms. The molecule has 2 aromatic rings. The molecule has 14 heteroatoms. The van der Waals surface area contributed by atoms with Crippen LogP contribution in [-0.2, 0) is 14.9 Å². The average Bonchev–Trinajstić information content (AvgIpc) is 2.74. The van der Waals surface area contributed by atoms with Crippen LogP contribution in [0.4, 0.5) is 52.7 Å². The second-order valence-corrected chi connectivity index (χ2v) is 7.91. The second kappa shape index (κ2) is 14.6. The summed E-state index contributed by atoms with van der Waals surface area (Å²) in [6.07, 6.45) is -21.5. The van der Waals surface area contributed by atoms with Crippen LogP contribution in [0.1, 0.15) is 25.0 Å². The van der Waals surface area contributed by atoms with E-state index >= 15 is 0 Å². The van der Waals surface area contributed by atoms with E-state index < -0.39 is 46.7 Å². The summed E-state index contributed by atoms with van der Waals surface area (Å²) >= 11 is 0. The van der Waals surface area contributed by atoms with Crippen LogP contribution in [0.15, 0.2) is 60.7 Å². The minimum atomic E-state index is -5.52. The molecule has 0 atom stereocenters. The zero-order chi connectivity index (χ0) is 30.6. The lowest BCUT2D eigenvalue weighted by Gasteiger charge is -2.38. The van der Waals surface area contributed by atoms with Crippen molar-refractivity contribution < 1.29 is 62.2 Å². The zero-order valence-electron chi connectivity index (χ0n) is 21.1. The van der Waals surface area contributed by atoms with Gasteiger partial charge < -0.3 is 9.47 Å².